The van der Waals surface area contributed by atoms with Crippen LogP contribution < -0.4 is 10.5 Å². The zero-order valence-electron chi connectivity index (χ0n) is 8.28. The quantitative estimate of drug-likeness (QED) is 0.736. The molecule has 0 aliphatic rings. The summed E-state index contributed by atoms with van der Waals surface area (Å²) in [6.07, 6.45) is 2.98. The van der Waals surface area contributed by atoms with Gasteiger partial charge in [-0.2, -0.15) is 0 Å². The largest absolute Gasteiger partial charge is 0.496 e. The molecule has 0 heterocycles. The van der Waals surface area contributed by atoms with Gasteiger partial charge in [0.2, 0.25) is 5.91 Å². The third-order valence-electron chi connectivity index (χ3n) is 1.87. The van der Waals surface area contributed by atoms with Crippen molar-refractivity contribution in [2.75, 3.05) is 7.11 Å². The molecule has 0 radical (unpaired) electrons. The van der Waals surface area contributed by atoms with Crippen LogP contribution in [0.3, 0.4) is 0 Å². The number of benzene rings is 1. The van der Waals surface area contributed by atoms with E-state index < -0.39 is 5.91 Å². The number of primary amides is 1. The minimum absolute atomic E-state index is 0.454. The van der Waals surface area contributed by atoms with Crippen molar-refractivity contribution in [1.82, 2.24) is 0 Å². The first-order valence-electron chi connectivity index (χ1n) is 4.25. The van der Waals surface area contributed by atoms with Crippen molar-refractivity contribution < 1.29 is 9.53 Å². The number of ether oxygens (including phenoxy) is 1. The smallest absolute Gasteiger partial charge is 0.241 e. The molecule has 0 fully saturated rings. The Morgan fingerprint density at radius 1 is 1.50 bits per heavy atom. The molecule has 2 N–H and O–H groups in total. The van der Waals surface area contributed by atoms with Crippen LogP contribution >= 0.6 is 0 Å². The van der Waals surface area contributed by atoms with Crippen molar-refractivity contribution in [3.8, 4) is 5.75 Å². The van der Waals surface area contributed by atoms with Crippen LogP contribution in [-0.2, 0) is 4.79 Å². The van der Waals surface area contributed by atoms with Gasteiger partial charge in [-0.3, -0.25) is 4.79 Å². The van der Waals surface area contributed by atoms with Gasteiger partial charge in [-0.05, 0) is 30.2 Å². The van der Waals surface area contributed by atoms with E-state index in [1.165, 1.54) is 6.08 Å². The molecule has 1 rings (SSSR count). The lowest BCUT2D eigenvalue weighted by Crippen LogP contribution is -2.05. The van der Waals surface area contributed by atoms with Gasteiger partial charge in [0.1, 0.15) is 5.75 Å². The van der Waals surface area contributed by atoms with E-state index in [0.29, 0.717) is 0 Å². The highest BCUT2D eigenvalue weighted by atomic mass is 16.5. The van der Waals surface area contributed by atoms with Gasteiger partial charge in [0.15, 0.2) is 0 Å². The Bertz CT molecular complexity index is 370. The van der Waals surface area contributed by atoms with E-state index in [9.17, 15) is 4.79 Å². The highest BCUT2D eigenvalue weighted by molar-refractivity contribution is 5.90. The molecule has 0 aliphatic carbocycles. The molecular formula is C11H13NO2. The minimum Gasteiger partial charge on any atom is -0.496 e. The fourth-order valence-electron chi connectivity index (χ4n) is 1.12. The van der Waals surface area contributed by atoms with Crippen LogP contribution in [0, 0.1) is 6.92 Å². The van der Waals surface area contributed by atoms with Crippen LogP contribution in [0.4, 0.5) is 0 Å². The number of methoxy groups -OCH3 is 1. The van der Waals surface area contributed by atoms with Gasteiger partial charge < -0.3 is 10.5 Å². The van der Waals surface area contributed by atoms with Gasteiger partial charge >= 0.3 is 0 Å². The standard InChI is InChI=1S/C11H13NO2/c1-8-3-4-9(5-6-11(12)13)7-10(8)14-2/h3-7H,1-2H3,(H2,12,13)/b6-5-. The predicted molar refractivity (Wildman–Crippen MR) is 56.0 cm³/mol. The number of hydrogen-bond acceptors (Lipinski definition) is 2. The Balaban J connectivity index is 2.95. The Labute approximate surface area is 83.2 Å². The van der Waals surface area contributed by atoms with E-state index in [-0.39, 0.29) is 0 Å². The van der Waals surface area contributed by atoms with E-state index in [2.05, 4.69) is 0 Å². The zero-order chi connectivity index (χ0) is 10.6. The number of carbonyl (C=O) groups excluding carboxylic acids is 1. The lowest BCUT2D eigenvalue weighted by molar-refractivity contribution is -0.113. The van der Waals surface area contributed by atoms with Crippen LogP contribution in [0.2, 0.25) is 0 Å². The molecule has 1 aromatic rings. The molecule has 0 saturated heterocycles. The maximum absolute atomic E-state index is 10.5. The van der Waals surface area contributed by atoms with Crippen molar-refractivity contribution >= 4 is 12.0 Å². The molecule has 0 unspecified atom stereocenters. The summed E-state index contributed by atoms with van der Waals surface area (Å²) in [6.45, 7) is 1.96. The first-order chi connectivity index (χ1) is 6.63. The van der Waals surface area contributed by atoms with Gasteiger partial charge in [-0.15, -0.1) is 0 Å². The Morgan fingerprint density at radius 2 is 2.21 bits per heavy atom. The number of rotatable bonds is 3. The molecule has 0 aliphatic heterocycles. The Hall–Kier alpha value is -1.77. The van der Waals surface area contributed by atoms with Crippen LogP contribution in [0.1, 0.15) is 11.1 Å². The summed E-state index contributed by atoms with van der Waals surface area (Å²) in [5.41, 5.74) is 6.94. The maximum Gasteiger partial charge on any atom is 0.241 e. The molecule has 0 aromatic heterocycles. The van der Waals surface area contributed by atoms with Crippen molar-refractivity contribution in [2.24, 2.45) is 5.73 Å². The average Bonchev–Trinajstić information content (AvgIpc) is 2.16. The zero-order valence-corrected chi connectivity index (χ0v) is 8.28. The molecule has 1 aromatic carbocycles. The molecule has 14 heavy (non-hydrogen) atoms. The van der Waals surface area contributed by atoms with Crippen LogP contribution in [0.5, 0.6) is 5.75 Å². The lowest BCUT2D eigenvalue weighted by Gasteiger charge is -2.04. The SMILES string of the molecule is COc1cc(/C=C\C(N)=O)ccc1C. The number of hydrogen-bond donors (Lipinski definition) is 1. The molecule has 0 atom stereocenters. The summed E-state index contributed by atoms with van der Waals surface area (Å²) in [4.78, 5) is 10.5. The monoisotopic (exact) mass is 191 g/mol. The molecule has 3 heteroatoms. The van der Waals surface area contributed by atoms with Crippen molar-refractivity contribution in [2.45, 2.75) is 6.92 Å². The van der Waals surface area contributed by atoms with Crippen LogP contribution in [-0.4, -0.2) is 13.0 Å². The van der Waals surface area contributed by atoms with Crippen molar-refractivity contribution in [3.05, 3.63) is 35.4 Å². The summed E-state index contributed by atoms with van der Waals surface area (Å²) in [6, 6.07) is 5.69. The molecule has 0 bridgehead atoms. The van der Waals surface area contributed by atoms with E-state index >= 15 is 0 Å². The molecule has 1 amide bonds. The minimum atomic E-state index is -0.454. The third kappa shape index (κ3) is 2.62. The van der Waals surface area contributed by atoms with Gasteiger partial charge in [0, 0.05) is 6.08 Å². The number of aryl methyl sites for hydroxylation is 1. The highest BCUT2D eigenvalue weighted by Gasteiger charge is 1.97. The van der Waals surface area contributed by atoms with Gasteiger partial charge in [-0.1, -0.05) is 12.1 Å². The number of nitrogens with two attached hydrogens (primary N) is 1. The number of amides is 1. The molecule has 74 valence electrons. The van der Waals surface area contributed by atoms with Gasteiger partial charge in [0.25, 0.3) is 0 Å². The van der Waals surface area contributed by atoms with Crippen molar-refractivity contribution in [1.29, 1.82) is 0 Å². The van der Waals surface area contributed by atoms with E-state index in [0.717, 1.165) is 16.9 Å². The Morgan fingerprint density at radius 3 is 2.79 bits per heavy atom. The summed E-state index contributed by atoms with van der Waals surface area (Å²) in [5.74, 6) is 0.348. The van der Waals surface area contributed by atoms with E-state index in [1.807, 2.05) is 25.1 Å². The topological polar surface area (TPSA) is 52.3 Å². The molecule has 0 spiro atoms. The summed E-state index contributed by atoms with van der Waals surface area (Å²) in [7, 11) is 1.61. The third-order valence-corrected chi connectivity index (χ3v) is 1.87. The summed E-state index contributed by atoms with van der Waals surface area (Å²) in [5, 5.41) is 0. The van der Waals surface area contributed by atoms with Gasteiger partial charge in [0.05, 0.1) is 7.11 Å². The van der Waals surface area contributed by atoms with E-state index in [1.54, 1.807) is 13.2 Å². The number of carbonyl (C=O) groups is 1. The second-order valence-electron chi connectivity index (χ2n) is 2.96. The fraction of sp³-hybridized carbons (Fsp3) is 0.182. The van der Waals surface area contributed by atoms with E-state index in [4.69, 9.17) is 10.5 Å². The molecule has 3 nitrogen and oxygen atoms in total. The molecule has 0 saturated carbocycles. The second-order valence-corrected chi connectivity index (χ2v) is 2.96. The first-order valence-corrected chi connectivity index (χ1v) is 4.25. The van der Waals surface area contributed by atoms with Crippen molar-refractivity contribution in [3.63, 3.8) is 0 Å². The Kier molecular flexibility index (Phi) is 3.29. The highest BCUT2D eigenvalue weighted by Crippen LogP contribution is 2.19. The predicted octanol–water partition coefficient (Wildman–Crippen LogP) is 1.50. The summed E-state index contributed by atoms with van der Waals surface area (Å²) >= 11 is 0. The van der Waals surface area contributed by atoms with Gasteiger partial charge in [-0.25, -0.2) is 0 Å². The summed E-state index contributed by atoms with van der Waals surface area (Å²) < 4.78 is 5.14. The normalized spacial score (nSPS) is 10.4. The first kappa shape index (κ1) is 10.3. The van der Waals surface area contributed by atoms with Crippen LogP contribution in [0.15, 0.2) is 24.3 Å². The second kappa shape index (κ2) is 4.46. The molecular weight excluding hydrogens is 178 g/mol. The van der Waals surface area contributed by atoms with Crippen LogP contribution in [0.25, 0.3) is 6.08 Å². The maximum atomic E-state index is 10.5. The average molecular weight is 191 g/mol. The lowest BCUT2D eigenvalue weighted by atomic mass is 10.1. The fourth-order valence-corrected chi connectivity index (χ4v) is 1.12.